The summed E-state index contributed by atoms with van der Waals surface area (Å²) >= 11 is 0. The number of methoxy groups -OCH3 is 1. The summed E-state index contributed by atoms with van der Waals surface area (Å²) in [5.74, 6) is -0.514. The molecule has 7 heteroatoms. The molecular formula is C16H14N4O3. The zero-order valence-electron chi connectivity index (χ0n) is 12.3. The summed E-state index contributed by atoms with van der Waals surface area (Å²) < 4.78 is 4.69. The number of esters is 1. The number of hydrogen-bond acceptors (Lipinski definition) is 4. The average Bonchev–Trinajstić information content (AvgIpc) is 3.02. The van der Waals surface area contributed by atoms with E-state index >= 15 is 0 Å². The SMILES string of the molecule is COC(=O)c1ccccc1NC(=O)Nc1ccc2nc[nH]c2c1. The van der Waals surface area contributed by atoms with Gasteiger partial charge in [-0.05, 0) is 30.3 Å². The third kappa shape index (κ3) is 3.13. The van der Waals surface area contributed by atoms with Gasteiger partial charge in [-0.3, -0.25) is 0 Å². The highest BCUT2D eigenvalue weighted by molar-refractivity contribution is 6.05. The fourth-order valence-electron chi connectivity index (χ4n) is 2.18. The highest BCUT2D eigenvalue weighted by Crippen LogP contribution is 2.18. The molecule has 0 atom stereocenters. The van der Waals surface area contributed by atoms with Gasteiger partial charge in [0, 0.05) is 5.69 Å². The maximum atomic E-state index is 12.1. The Labute approximate surface area is 131 Å². The van der Waals surface area contributed by atoms with E-state index in [9.17, 15) is 9.59 Å². The van der Waals surface area contributed by atoms with Crippen LogP contribution in [-0.4, -0.2) is 29.1 Å². The number of para-hydroxylation sites is 1. The zero-order chi connectivity index (χ0) is 16.2. The topological polar surface area (TPSA) is 96.1 Å². The molecule has 3 aromatic rings. The highest BCUT2D eigenvalue weighted by Gasteiger charge is 2.13. The molecule has 0 unspecified atom stereocenters. The summed E-state index contributed by atoms with van der Waals surface area (Å²) in [4.78, 5) is 30.9. The van der Waals surface area contributed by atoms with E-state index in [1.54, 1.807) is 48.8 Å². The molecule has 0 aliphatic heterocycles. The molecule has 3 N–H and O–H groups in total. The lowest BCUT2D eigenvalue weighted by atomic mass is 10.2. The molecule has 0 aliphatic carbocycles. The van der Waals surface area contributed by atoms with Crippen LogP contribution in [-0.2, 0) is 4.74 Å². The molecule has 0 saturated heterocycles. The molecule has 2 aromatic carbocycles. The van der Waals surface area contributed by atoms with Crippen LogP contribution in [0.25, 0.3) is 11.0 Å². The number of fused-ring (bicyclic) bond motifs is 1. The number of carbonyl (C=O) groups excluding carboxylic acids is 2. The van der Waals surface area contributed by atoms with Crippen LogP contribution in [0.4, 0.5) is 16.2 Å². The number of rotatable bonds is 3. The Morgan fingerprint density at radius 1 is 1.13 bits per heavy atom. The number of ether oxygens (including phenoxy) is 1. The molecule has 0 spiro atoms. The van der Waals surface area contributed by atoms with Crippen molar-refractivity contribution in [2.75, 3.05) is 17.7 Å². The second-order valence-corrected chi connectivity index (χ2v) is 4.75. The Morgan fingerprint density at radius 2 is 1.96 bits per heavy atom. The van der Waals surface area contributed by atoms with Crippen molar-refractivity contribution in [3.63, 3.8) is 0 Å². The summed E-state index contributed by atoms with van der Waals surface area (Å²) in [7, 11) is 1.29. The van der Waals surface area contributed by atoms with Gasteiger partial charge in [-0.2, -0.15) is 0 Å². The second kappa shape index (κ2) is 6.18. The Hall–Kier alpha value is -3.35. The van der Waals surface area contributed by atoms with Gasteiger partial charge in [0.05, 0.1) is 35.7 Å². The molecular weight excluding hydrogens is 296 g/mol. The van der Waals surface area contributed by atoms with E-state index < -0.39 is 12.0 Å². The molecule has 0 aliphatic rings. The summed E-state index contributed by atoms with van der Waals surface area (Å²) in [5, 5.41) is 5.35. The number of anilines is 2. The van der Waals surface area contributed by atoms with Gasteiger partial charge in [0.2, 0.25) is 0 Å². The van der Waals surface area contributed by atoms with Gasteiger partial charge in [0.15, 0.2) is 0 Å². The van der Waals surface area contributed by atoms with Crippen LogP contribution in [0.1, 0.15) is 10.4 Å². The molecule has 0 radical (unpaired) electrons. The van der Waals surface area contributed by atoms with Gasteiger partial charge in [-0.1, -0.05) is 12.1 Å². The first-order valence-corrected chi connectivity index (χ1v) is 6.86. The predicted molar refractivity (Wildman–Crippen MR) is 86.5 cm³/mol. The molecule has 116 valence electrons. The van der Waals surface area contributed by atoms with Crippen LogP contribution in [0.15, 0.2) is 48.8 Å². The number of aromatic nitrogens is 2. The van der Waals surface area contributed by atoms with Gasteiger partial charge in [0.25, 0.3) is 0 Å². The number of imidazole rings is 1. The first kappa shape index (κ1) is 14.6. The van der Waals surface area contributed by atoms with Crippen LogP contribution < -0.4 is 10.6 Å². The number of aromatic amines is 1. The van der Waals surface area contributed by atoms with Crippen molar-refractivity contribution in [2.45, 2.75) is 0 Å². The summed E-state index contributed by atoms with van der Waals surface area (Å²) in [6, 6.07) is 11.5. The van der Waals surface area contributed by atoms with Gasteiger partial charge < -0.3 is 20.4 Å². The van der Waals surface area contributed by atoms with Crippen molar-refractivity contribution in [3.05, 3.63) is 54.4 Å². The molecule has 7 nitrogen and oxygen atoms in total. The largest absolute Gasteiger partial charge is 0.465 e. The average molecular weight is 310 g/mol. The maximum Gasteiger partial charge on any atom is 0.339 e. The van der Waals surface area contributed by atoms with Crippen LogP contribution >= 0.6 is 0 Å². The van der Waals surface area contributed by atoms with E-state index in [1.165, 1.54) is 7.11 Å². The normalized spacial score (nSPS) is 10.3. The molecule has 23 heavy (non-hydrogen) atoms. The molecule has 0 fully saturated rings. The van der Waals surface area contributed by atoms with Gasteiger partial charge >= 0.3 is 12.0 Å². The van der Waals surface area contributed by atoms with E-state index in [2.05, 4.69) is 20.6 Å². The van der Waals surface area contributed by atoms with Crippen molar-refractivity contribution in [1.29, 1.82) is 0 Å². The Morgan fingerprint density at radius 3 is 2.78 bits per heavy atom. The third-order valence-electron chi connectivity index (χ3n) is 3.26. The van der Waals surface area contributed by atoms with Crippen molar-refractivity contribution in [3.8, 4) is 0 Å². The molecule has 3 rings (SSSR count). The summed E-state index contributed by atoms with van der Waals surface area (Å²) in [6.45, 7) is 0. The highest BCUT2D eigenvalue weighted by atomic mass is 16.5. The smallest absolute Gasteiger partial charge is 0.339 e. The summed E-state index contributed by atoms with van der Waals surface area (Å²) in [6.07, 6.45) is 1.58. The van der Waals surface area contributed by atoms with Crippen molar-refractivity contribution in [1.82, 2.24) is 9.97 Å². The monoisotopic (exact) mass is 310 g/mol. The molecule has 1 aromatic heterocycles. The van der Waals surface area contributed by atoms with E-state index in [0.29, 0.717) is 11.4 Å². The fourth-order valence-corrected chi connectivity index (χ4v) is 2.18. The number of benzene rings is 2. The first-order chi connectivity index (χ1) is 11.2. The van der Waals surface area contributed by atoms with E-state index in [0.717, 1.165) is 11.0 Å². The van der Waals surface area contributed by atoms with Crippen LogP contribution in [0.2, 0.25) is 0 Å². The van der Waals surface area contributed by atoms with E-state index in [4.69, 9.17) is 4.74 Å². The molecule has 0 saturated carbocycles. The maximum absolute atomic E-state index is 12.1. The lowest BCUT2D eigenvalue weighted by Gasteiger charge is -2.10. The standard InChI is InChI=1S/C16H14N4O3/c1-23-15(21)11-4-2-3-5-12(11)20-16(22)19-10-6-7-13-14(8-10)18-9-17-13/h2-9H,1H3,(H,17,18)(H2,19,20,22). The molecule has 1 heterocycles. The minimum atomic E-state index is -0.514. The zero-order valence-corrected chi connectivity index (χ0v) is 12.3. The number of nitrogens with one attached hydrogen (secondary N) is 3. The molecule has 2 amide bonds. The van der Waals surface area contributed by atoms with Crippen LogP contribution in [0.5, 0.6) is 0 Å². The van der Waals surface area contributed by atoms with Crippen molar-refractivity contribution < 1.29 is 14.3 Å². The Balaban J connectivity index is 1.75. The third-order valence-corrected chi connectivity index (χ3v) is 3.26. The number of hydrogen-bond donors (Lipinski definition) is 3. The predicted octanol–water partition coefficient (Wildman–Crippen LogP) is 2.99. The second-order valence-electron chi connectivity index (χ2n) is 4.75. The van der Waals surface area contributed by atoms with Crippen LogP contribution in [0.3, 0.4) is 0 Å². The van der Waals surface area contributed by atoms with Crippen molar-refractivity contribution in [2.24, 2.45) is 0 Å². The lowest BCUT2D eigenvalue weighted by Crippen LogP contribution is -2.21. The van der Waals surface area contributed by atoms with Gasteiger partial charge in [-0.15, -0.1) is 0 Å². The minimum absolute atomic E-state index is 0.286. The number of amides is 2. The first-order valence-electron chi connectivity index (χ1n) is 6.86. The summed E-state index contributed by atoms with van der Waals surface area (Å²) in [5.41, 5.74) is 2.90. The van der Waals surface area contributed by atoms with Gasteiger partial charge in [-0.25, -0.2) is 14.6 Å². The van der Waals surface area contributed by atoms with Gasteiger partial charge in [0.1, 0.15) is 0 Å². The van der Waals surface area contributed by atoms with E-state index in [-0.39, 0.29) is 5.56 Å². The lowest BCUT2D eigenvalue weighted by molar-refractivity contribution is 0.0602. The number of carbonyl (C=O) groups is 2. The quantitative estimate of drug-likeness (QED) is 0.648. The minimum Gasteiger partial charge on any atom is -0.465 e. The Kier molecular flexibility index (Phi) is 3.92. The number of nitrogens with zero attached hydrogens (tertiary/aromatic N) is 1. The Bertz CT molecular complexity index is 872. The van der Waals surface area contributed by atoms with Crippen molar-refractivity contribution >= 4 is 34.4 Å². The molecule has 0 bridgehead atoms. The van der Waals surface area contributed by atoms with E-state index in [1.807, 2.05) is 0 Å². The number of H-pyrrole nitrogens is 1. The fraction of sp³-hybridized carbons (Fsp3) is 0.0625. The number of urea groups is 1. The van der Waals surface area contributed by atoms with Crippen LogP contribution in [0, 0.1) is 0 Å².